The first-order valence-electron chi connectivity index (χ1n) is 7.91. The lowest BCUT2D eigenvalue weighted by atomic mass is 9.86. The van der Waals surface area contributed by atoms with E-state index < -0.39 is 11.5 Å². The Labute approximate surface area is 155 Å². The molecule has 2 aromatic rings. The monoisotopic (exact) mass is 384 g/mol. The van der Waals surface area contributed by atoms with Gasteiger partial charge in [0.25, 0.3) is 0 Å². The molecule has 0 unspecified atom stereocenters. The highest BCUT2D eigenvalue weighted by Crippen LogP contribution is 2.28. The molecule has 25 heavy (non-hydrogen) atoms. The van der Waals surface area contributed by atoms with Crippen molar-refractivity contribution in [2.75, 3.05) is 13.2 Å². The van der Waals surface area contributed by atoms with Gasteiger partial charge in [-0.1, -0.05) is 23.2 Å². The predicted molar refractivity (Wildman–Crippen MR) is 93.8 cm³/mol. The van der Waals surface area contributed by atoms with E-state index in [0.29, 0.717) is 59.8 Å². The third-order valence-corrected chi connectivity index (χ3v) is 4.68. The molecule has 2 heterocycles. The molecule has 3 rings (SSSR count). The maximum absolute atomic E-state index is 11.2. The molecule has 134 valence electrons. The molecule has 0 bridgehead atoms. The standard InChI is InChI=1S/C17H18Cl2N2O4/c18-12-5-11(6-13(19)7-12)16-21-14(10-25-16)9-20-17(8-15(22)23)1-3-24-4-2-17/h5-7,10,20H,1-4,8-9H2,(H,22,23). The molecule has 1 aliphatic heterocycles. The number of carbonyl (C=O) groups is 1. The van der Waals surface area contributed by atoms with Crippen molar-refractivity contribution in [1.82, 2.24) is 10.3 Å². The molecule has 0 atom stereocenters. The van der Waals surface area contributed by atoms with Gasteiger partial charge in [0.15, 0.2) is 0 Å². The predicted octanol–water partition coefficient (Wildman–Crippen LogP) is 3.76. The van der Waals surface area contributed by atoms with Gasteiger partial charge in [-0.2, -0.15) is 0 Å². The Balaban J connectivity index is 1.71. The molecule has 0 amide bonds. The molecule has 1 aromatic heterocycles. The SMILES string of the molecule is O=C(O)CC1(NCc2coc(-c3cc(Cl)cc(Cl)c3)n2)CCOCC1. The lowest BCUT2D eigenvalue weighted by molar-refractivity contribution is -0.139. The van der Waals surface area contributed by atoms with Crippen LogP contribution >= 0.6 is 23.2 Å². The van der Waals surface area contributed by atoms with E-state index in [0.717, 1.165) is 0 Å². The van der Waals surface area contributed by atoms with Crippen LogP contribution in [0.1, 0.15) is 25.0 Å². The van der Waals surface area contributed by atoms with Crippen LogP contribution in [0.3, 0.4) is 0 Å². The van der Waals surface area contributed by atoms with Crippen molar-refractivity contribution in [2.45, 2.75) is 31.3 Å². The Morgan fingerprint density at radius 1 is 1.24 bits per heavy atom. The van der Waals surface area contributed by atoms with Gasteiger partial charge in [-0.05, 0) is 31.0 Å². The summed E-state index contributed by atoms with van der Waals surface area (Å²) in [5, 5.41) is 13.5. The number of hydrogen-bond donors (Lipinski definition) is 2. The fraction of sp³-hybridized carbons (Fsp3) is 0.412. The third kappa shape index (κ3) is 4.73. The van der Waals surface area contributed by atoms with Gasteiger partial charge in [0.05, 0.1) is 12.1 Å². The summed E-state index contributed by atoms with van der Waals surface area (Å²) in [7, 11) is 0. The van der Waals surface area contributed by atoms with E-state index in [4.69, 9.17) is 32.4 Å². The zero-order valence-corrected chi connectivity index (χ0v) is 14.9. The smallest absolute Gasteiger partial charge is 0.305 e. The zero-order valence-electron chi connectivity index (χ0n) is 13.4. The van der Waals surface area contributed by atoms with E-state index in [-0.39, 0.29) is 6.42 Å². The second-order valence-corrected chi connectivity index (χ2v) is 6.99. The van der Waals surface area contributed by atoms with E-state index in [1.54, 1.807) is 24.5 Å². The number of aliphatic carboxylic acids is 1. The number of nitrogens with one attached hydrogen (secondary N) is 1. The van der Waals surface area contributed by atoms with Crippen molar-refractivity contribution < 1.29 is 19.1 Å². The first-order chi connectivity index (χ1) is 12.0. The van der Waals surface area contributed by atoms with Crippen LogP contribution in [0, 0.1) is 0 Å². The van der Waals surface area contributed by atoms with Crippen LogP contribution in [0.15, 0.2) is 28.9 Å². The van der Waals surface area contributed by atoms with Crippen molar-refractivity contribution in [3.05, 3.63) is 40.2 Å². The number of nitrogens with zero attached hydrogens (tertiary/aromatic N) is 1. The molecule has 0 aliphatic carbocycles. The minimum atomic E-state index is -0.830. The van der Waals surface area contributed by atoms with Gasteiger partial charge in [0, 0.05) is 40.9 Å². The number of hydrogen-bond acceptors (Lipinski definition) is 5. The van der Waals surface area contributed by atoms with E-state index in [1.165, 1.54) is 0 Å². The van der Waals surface area contributed by atoms with Gasteiger partial charge < -0.3 is 19.6 Å². The van der Waals surface area contributed by atoms with Gasteiger partial charge >= 0.3 is 5.97 Å². The Morgan fingerprint density at radius 3 is 2.56 bits per heavy atom. The molecule has 0 radical (unpaired) electrons. The summed E-state index contributed by atoms with van der Waals surface area (Å²) in [6.45, 7) is 1.50. The second kappa shape index (κ2) is 7.74. The number of oxazole rings is 1. The van der Waals surface area contributed by atoms with Crippen molar-refractivity contribution in [3.63, 3.8) is 0 Å². The summed E-state index contributed by atoms with van der Waals surface area (Å²) >= 11 is 12.0. The highest BCUT2D eigenvalue weighted by Gasteiger charge is 2.34. The lowest BCUT2D eigenvalue weighted by Crippen LogP contribution is -2.50. The maximum Gasteiger partial charge on any atom is 0.305 e. The van der Waals surface area contributed by atoms with Crippen molar-refractivity contribution in [2.24, 2.45) is 0 Å². The molecule has 8 heteroatoms. The van der Waals surface area contributed by atoms with Gasteiger partial charge in [-0.3, -0.25) is 4.79 Å². The molecule has 1 aromatic carbocycles. The number of carboxylic acids is 1. The van der Waals surface area contributed by atoms with Crippen molar-refractivity contribution >= 4 is 29.2 Å². The molecule has 6 nitrogen and oxygen atoms in total. The highest BCUT2D eigenvalue weighted by atomic mass is 35.5. The van der Waals surface area contributed by atoms with E-state index in [2.05, 4.69) is 10.3 Å². The van der Waals surface area contributed by atoms with Crippen LogP contribution in [-0.2, 0) is 16.1 Å². The minimum Gasteiger partial charge on any atom is -0.481 e. The Bertz CT molecular complexity index is 737. The molecular weight excluding hydrogens is 367 g/mol. The Morgan fingerprint density at radius 2 is 1.92 bits per heavy atom. The van der Waals surface area contributed by atoms with Crippen molar-refractivity contribution in [1.29, 1.82) is 0 Å². The summed E-state index contributed by atoms with van der Waals surface area (Å²) in [4.78, 5) is 15.6. The molecular formula is C17H18Cl2N2O4. The summed E-state index contributed by atoms with van der Waals surface area (Å²) in [6.07, 6.45) is 2.89. The van der Waals surface area contributed by atoms with Crippen LogP contribution in [-0.4, -0.2) is 34.8 Å². The quantitative estimate of drug-likeness (QED) is 0.788. The van der Waals surface area contributed by atoms with Crippen LogP contribution < -0.4 is 5.32 Å². The molecule has 1 aliphatic rings. The van der Waals surface area contributed by atoms with Gasteiger partial charge in [0.1, 0.15) is 6.26 Å². The van der Waals surface area contributed by atoms with Gasteiger partial charge in [-0.25, -0.2) is 4.98 Å². The number of rotatable bonds is 6. The summed E-state index contributed by atoms with van der Waals surface area (Å²) in [6, 6.07) is 5.08. The van der Waals surface area contributed by atoms with Crippen LogP contribution in [0.5, 0.6) is 0 Å². The van der Waals surface area contributed by atoms with Gasteiger partial charge in [0.2, 0.25) is 5.89 Å². The first-order valence-corrected chi connectivity index (χ1v) is 8.67. The summed E-state index contributed by atoms with van der Waals surface area (Å²) in [5.74, 6) is -0.413. The average Bonchev–Trinajstić information content (AvgIpc) is 3.01. The molecule has 0 saturated carbocycles. The van der Waals surface area contributed by atoms with E-state index in [1.807, 2.05) is 0 Å². The Hall–Kier alpha value is -1.60. The van der Waals surface area contributed by atoms with Crippen LogP contribution in [0.4, 0.5) is 0 Å². The van der Waals surface area contributed by atoms with Crippen LogP contribution in [0.25, 0.3) is 11.5 Å². The Kier molecular flexibility index (Phi) is 5.64. The third-order valence-electron chi connectivity index (χ3n) is 4.25. The fourth-order valence-electron chi connectivity index (χ4n) is 2.94. The normalized spacial score (nSPS) is 16.7. The molecule has 2 N–H and O–H groups in total. The number of halogens is 2. The van der Waals surface area contributed by atoms with E-state index in [9.17, 15) is 9.90 Å². The summed E-state index contributed by atoms with van der Waals surface area (Å²) < 4.78 is 10.9. The number of aromatic nitrogens is 1. The molecule has 0 spiro atoms. The topological polar surface area (TPSA) is 84.6 Å². The lowest BCUT2D eigenvalue weighted by Gasteiger charge is -2.36. The second-order valence-electron chi connectivity index (χ2n) is 6.12. The average molecular weight is 385 g/mol. The largest absolute Gasteiger partial charge is 0.481 e. The highest BCUT2D eigenvalue weighted by molar-refractivity contribution is 6.35. The van der Waals surface area contributed by atoms with Crippen molar-refractivity contribution in [3.8, 4) is 11.5 Å². The number of carboxylic acid groups (broad SMARTS) is 1. The fourth-order valence-corrected chi connectivity index (χ4v) is 3.47. The number of benzene rings is 1. The van der Waals surface area contributed by atoms with Crippen LogP contribution in [0.2, 0.25) is 10.0 Å². The summed E-state index contributed by atoms with van der Waals surface area (Å²) in [5.41, 5.74) is 0.889. The maximum atomic E-state index is 11.2. The zero-order chi connectivity index (χ0) is 17.9. The van der Waals surface area contributed by atoms with E-state index >= 15 is 0 Å². The van der Waals surface area contributed by atoms with Gasteiger partial charge in [-0.15, -0.1) is 0 Å². The number of ether oxygens (including phenoxy) is 1. The molecule has 1 fully saturated rings. The minimum absolute atomic E-state index is 0.0466. The first kappa shape index (κ1) is 18.2. The molecule has 1 saturated heterocycles.